The summed E-state index contributed by atoms with van der Waals surface area (Å²) in [6.45, 7) is 2.40. The van der Waals surface area contributed by atoms with Crippen LogP contribution in [-0.2, 0) is 6.54 Å². The molecule has 4 rings (SSSR count). The molecule has 4 nitrogen and oxygen atoms in total. The van der Waals surface area contributed by atoms with E-state index >= 15 is 0 Å². The summed E-state index contributed by atoms with van der Waals surface area (Å²) in [5.41, 5.74) is 2.84. The smallest absolute Gasteiger partial charge is 0.265 e. The predicted molar refractivity (Wildman–Crippen MR) is 106 cm³/mol. The van der Waals surface area contributed by atoms with Crippen molar-refractivity contribution in [1.82, 2.24) is 14.9 Å². The van der Waals surface area contributed by atoms with Crippen LogP contribution < -0.4 is 0 Å². The van der Waals surface area contributed by atoms with Crippen molar-refractivity contribution < 1.29 is 4.79 Å². The molecule has 25 heavy (non-hydrogen) atoms. The number of carbonyl (C=O) groups excluding carboxylic acids is 1. The van der Waals surface area contributed by atoms with Crippen molar-refractivity contribution in [2.45, 2.75) is 13.5 Å². The third kappa shape index (κ3) is 3.22. The molecule has 0 radical (unpaired) electrons. The lowest BCUT2D eigenvalue weighted by atomic mass is 10.3. The van der Waals surface area contributed by atoms with Gasteiger partial charge in [0, 0.05) is 18.0 Å². The Bertz CT molecular complexity index is 1000. The monoisotopic (exact) mass is 385 g/mol. The van der Waals surface area contributed by atoms with Crippen molar-refractivity contribution >= 4 is 50.1 Å². The third-order valence-electron chi connectivity index (χ3n) is 3.82. The molecule has 1 amide bonds. The standard InChI is InChI=1S/C18H15N3OS3/c1-11-16(25-17(19-11)12-7-8-23-10-12)18(22)21(2)9-15-20-13-5-3-4-6-14(13)24-15/h3-8,10H,9H2,1-2H3. The number of aryl methyl sites for hydroxylation is 1. The zero-order valence-corrected chi connectivity index (χ0v) is 16.2. The fourth-order valence-electron chi connectivity index (χ4n) is 2.54. The van der Waals surface area contributed by atoms with Crippen molar-refractivity contribution in [3.63, 3.8) is 0 Å². The summed E-state index contributed by atoms with van der Waals surface area (Å²) in [7, 11) is 1.82. The van der Waals surface area contributed by atoms with E-state index in [0.717, 1.165) is 31.5 Å². The Balaban J connectivity index is 1.56. The van der Waals surface area contributed by atoms with E-state index in [1.165, 1.54) is 11.3 Å². The maximum Gasteiger partial charge on any atom is 0.265 e. The topological polar surface area (TPSA) is 46.1 Å². The zero-order chi connectivity index (χ0) is 17.4. The van der Waals surface area contributed by atoms with Gasteiger partial charge in [-0.25, -0.2) is 9.97 Å². The van der Waals surface area contributed by atoms with E-state index in [0.29, 0.717) is 11.4 Å². The van der Waals surface area contributed by atoms with Crippen molar-refractivity contribution in [2.75, 3.05) is 7.05 Å². The van der Waals surface area contributed by atoms with Gasteiger partial charge in [-0.3, -0.25) is 4.79 Å². The second-order valence-electron chi connectivity index (χ2n) is 5.68. The molecule has 0 saturated carbocycles. The van der Waals surface area contributed by atoms with Gasteiger partial charge in [0.2, 0.25) is 0 Å². The van der Waals surface area contributed by atoms with Gasteiger partial charge in [0.1, 0.15) is 14.9 Å². The average molecular weight is 386 g/mol. The second kappa shape index (κ2) is 6.67. The zero-order valence-electron chi connectivity index (χ0n) is 13.7. The summed E-state index contributed by atoms with van der Waals surface area (Å²) in [6, 6.07) is 10.1. The number of aromatic nitrogens is 2. The molecule has 0 aliphatic carbocycles. The Morgan fingerprint density at radius 2 is 2.00 bits per heavy atom. The quantitative estimate of drug-likeness (QED) is 0.493. The highest BCUT2D eigenvalue weighted by Crippen LogP contribution is 2.30. The van der Waals surface area contributed by atoms with Gasteiger partial charge in [-0.05, 0) is 30.5 Å². The maximum absolute atomic E-state index is 12.8. The molecule has 0 aliphatic rings. The highest BCUT2D eigenvalue weighted by atomic mass is 32.1. The highest BCUT2D eigenvalue weighted by molar-refractivity contribution is 7.18. The molecule has 126 valence electrons. The molecule has 0 spiro atoms. The van der Waals surface area contributed by atoms with Crippen LogP contribution in [0.1, 0.15) is 20.4 Å². The minimum Gasteiger partial charge on any atom is -0.334 e. The van der Waals surface area contributed by atoms with Crippen molar-refractivity contribution in [3.05, 3.63) is 56.7 Å². The van der Waals surface area contributed by atoms with E-state index in [1.807, 2.05) is 43.6 Å². The first-order valence-electron chi connectivity index (χ1n) is 7.72. The van der Waals surface area contributed by atoms with Gasteiger partial charge >= 0.3 is 0 Å². The van der Waals surface area contributed by atoms with Crippen LogP contribution in [0.4, 0.5) is 0 Å². The van der Waals surface area contributed by atoms with Crippen LogP contribution in [-0.4, -0.2) is 27.8 Å². The summed E-state index contributed by atoms with van der Waals surface area (Å²) < 4.78 is 1.15. The molecule has 0 atom stereocenters. The molecule has 3 heterocycles. The lowest BCUT2D eigenvalue weighted by Crippen LogP contribution is -2.25. The number of rotatable bonds is 4. The fourth-order valence-corrected chi connectivity index (χ4v) is 5.33. The Hall–Kier alpha value is -2.09. The number of carbonyl (C=O) groups is 1. The first-order valence-corrected chi connectivity index (χ1v) is 10.3. The number of hydrogen-bond donors (Lipinski definition) is 0. The molecular formula is C18H15N3OS3. The normalized spacial score (nSPS) is 11.1. The van der Waals surface area contributed by atoms with Crippen LogP contribution in [0.25, 0.3) is 20.8 Å². The minimum atomic E-state index is -0.00395. The van der Waals surface area contributed by atoms with Gasteiger partial charge in [-0.15, -0.1) is 22.7 Å². The lowest BCUT2D eigenvalue weighted by Gasteiger charge is -2.14. The van der Waals surface area contributed by atoms with Crippen LogP contribution in [0.2, 0.25) is 0 Å². The van der Waals surface area contributed by atoms with Crippen LogP contribution >= 0.6 is 34.0 Å². The van der Waals surface area contributed by atoms with Gasteiger partial charge in [0.25, 0.3) is 5.91 Å². The summed E-state index contributed by atoms with van der Waals surface area (Å²) in [5.74, 6) is -0.00395. The van der Waals surface area contributed by atoms with E-state index in [1.54, 1.807) is 27.6 Å². The molecule has 0 aliphatic heterocycles. The number of para-hydroxylation sites is 1. The van der Waals surface area contributed by atoms with E-state index < -0.39 is 0 Å². The van der Waals surface area contributed by atoms with Gasteiger partial charge in [-0.2, -0.15) is 11.3 Å². The molecular weight excluding hydrogens is 370 g/mol. The summed E-state index contributed by atoms with van der Waals surface area (Å²) in [4.78, 5) is 24.4. The predicted octanol–water partition coefficient (Wildman–Crippen LogP) is 5.06. The van der Waals surface area contributed by atoms with Crippen molar-refractivity contribution in [3.8, 4) is 10.6 Å². The number of thiophene rings is 1. The Labute approximate surface area is 157 Å². The van der Waals surface area contributed by atoms with Crippen LogP contribution in [0.15, 0.2) is 41.1 Å². The molecule has 7 heteroatoms. The molecule has 0 unspecified atom stereocenters. The highest BCUT2D eigenvalue weighted by Gasteiger charge is 2.20. The van der Waals surface area contributed by atoms with Crippen LogP contribution in [0.3, 0.4) is 0 Å². The number of hydrogen-bond acceptors (Lipinski definition) is 6. The second-order valence-corrected chi connectivity index (χ2v) is 8.58. The third-order valence-corrected chi connectivity index (χ3v) is 6.72. The molecule has 4 aromatic rings. The van der Waals surface area contributed by atoms with E-state index in [2.05, 4.69) is 21.4 Å². The first-order chi connectivity index (χ1) is 12.1. The van der Waals surface area contributed by atoms with E-state index in [9.17, 15) is 4.79 Å². The van der Waals surface area contributed by atoms with Gasteiger partial charge < -0.3 is 4.90 Å². The van der Waals surface area contributed by atoms with Crippen molar-refractivity contribution in [1.29, 1.82) is 0 Å². The first kappa shape index (κ1) is 16.4. The fraction of sp³-hybridized carbons (Fsp3) is 0.167. The molecule has 3 aromatic heterocycles. The summed E-state index contributed by atoms with van der Waals surface area (Å²) in [5, 5.41) is 5.91. The Morgan fingerprint density at radius 1 is 1.16 bits per heavy atom. The SMILES string of the molecule is Cc1nc(-c2ccsc2)sc1C(=O)N(C)Cc1nc2ccccc2s1. The Kier molecular flexibility index (Phi) is 4.37. The Morgan fingerprint density at radius 3 is 2.76 bits per heavy atom. The molecule has 0 N–H and O–H groups in total. The summed E-state index contributed by atoms with van der Waals surface area (Å²) >= 11 is 4.72. The largest absolute Gasteiger partial charge is 0.334 e. The van der Waals surface area contributed by atoms with Gasteiger partial charge in [-0.1, -0.05) is 12.1 Å². The van der Waals surface area contributed by atoms with Gasteiger partial charge in [0.15, 0.2) is 0 Å². The number of nitrogens with zero attached hydrogens (tertiary/aromatic N) is 3. The summed E-state index contributed by atoms with van der Waals surface area (Å²) in [6.07, 6.45) is 0. The molecule has 0 saturated heterocycles. The number of benzene rings is 1. The lowest BCUT2D eigenvalue weighted by molar-refractivity contribution is 0.0789. The number of fused-ring (bicyclic) bond motifs is 1. The van der Waals surface area contributed by atoms with E-state index in [4.69, 9.17) is 0 Å². The maximum atomic E-state index is 12.8. The van der Waals surface area contributed by atoms with Crippen LogP contribution in [0, 0.1) is 6.92 Å². The average Bonchev–Trinajstić information content (AvgIpc) is 3.32. The minimum absolute atomic E-state index is 0.00395. The van der Waals surface area contributed by atoms with E-state index in [-0.39, 0.29) is 5.91 Å². The molecule has 0 fully saturated rings. The number of amides is 1. The van der Waals surface area contributed by atoms with Crippen LogP contribution in [0.5, 0.6) is 0 Å². The molecule has 1 aromatic carbocycles. The molecule has 0 bridgehead atoms. The number of thiazole rings is 2. The van der Waals surface area contributed by atoms with Crippen molar-refractivity contribution in [2.24, 2.45) is 0 Å². The van der Waals surface area contributed by atoms with Gasteiger partial charge in [0.05, 0.1) is 22.5 Å².